The molecule has 0 saturated carbocycles. The summed E-state index contributed by atoms with van der Waals surface area (Å²) in [6.45, 7) is 2.04. The lowest BCUT2D eigenvalue weighted by atomic mass is 10.1. The van der Waals surface area contributed by atoms with Crippen molar-refractivity contribution >= 4 is 17.5 Å². The summed E-state index contributed by atoms with van der Waals surface area (Å²) in [5.41, 5.74) is 1.84. The van der Waals surface area contributed by atoms with E-state index in [0.717, 1.165) is 4.90 Å². The maximum absolute atomic E-state index is 11.9. The summed E-state index contributed by atoms with van der Waals surface area (Å²) in [6, 6.07) is 14.5. The molecule has 0 aliphatic heterocycles. The molecule has 2 rings (SSSR count). The predicted molar refractivity (Wildman–Crippen MR) is 74.3 cm³/mol. The van der Waals surface area contributed by atoms with E-state index in [2.05, 4.69) is 0 Å². The van der Waals surface area contributed by atoms with Crippen LogP contribution in [0.4, 0.5) is 0 Å². The van der Waals surface area contributed by atoms with E-state index >= 15 is 0 Å². The van der Waals surface area contributed by atoms with Crippen molar-refractivity contribution in [3.63, 3.8) is 0 Å². The van der Waals surface area contributed by atoms with Gasteiger partial charge in [0.15, 0.2) is 5.78 Å². The van der Waals surface area contributed by atoms with E-state index in [0.29, 0.717) is 11.3 Å². The number of phenolic OH excluding ortho intramolecular Hbond substituents is 1. The van der Waals surface area contributed by atoms with Gasteiger partial charge in [-0.25, -0.2) is 0 Å². The fourth-order valence-corrected chi connectivity index (χ4v) is 2.31. The highest BCUT2D eigenvalue weighted by Crippen LogP contribution is 2.20. The van der Waals surface area contributed by atoms with Crippen molar-refractivity contribution in [1.82, 2.24) is 0 Å². The Bertz CT molecular complexity index is 529. The van der Waals surface area contributed by atoms with E-state index in [1.54, 1.807) is 12.1 Å². The van der Waals surface area contributed by atoms with Gasteiger partial charge < -0.3 is 5.11 Å². The molecule has 0 saturated heterocycles. The number of rotatable bonds is 4. The molecule has 0 heterocycles. The van der Waals surface area contributed by atoms with Gasteiger partial charge in [0.25, 0.3) is 0 Å². The maximum atomic E-state index is 11.9. The van der Waals surface area contributed by atoms with Crippen LogP contribution in [0.3, 0.4) is 0 Å². The second-order valence-electron chi connectivity index (χ2n) is 4.07. The Balaban J connectivity index is 1.96. The fourth-order valence-electron chi connectivity index (χ4n) is 1.51. The number of hydrogen-bond acceptors (Lipinski definition) is 3. The molecule has 1 N–H and O–H groups in total. The Labute approximate surface area is 111 Å². The maximum Gasteiger partial charge on any atom is 0.173 e. The SMILES string of the molecule is Cc1ccc(SCC(=O)c2ccc(O)cc2)cc1. The van der Waals surface area contributed by atoms with Gasteiger partial charge in [-0.3, -0.25) is 4.79 Å². The molecule has 2 aromatic carbocycles. The first-order valence-electron chi connectivity index (χ1n) is 5.67. The summed E-state index contributed by atoms with van der Waals surface area (Å²) in [4.78, 5) is 13.0. The van der Waals surface area contributed by atoms with Gasteiger partial charge in [0, 0.05) is 10.5 Å². The van der Waals surface area contributed by atoms with Gasteiger partial charge in [-0.2, -0.15) is 0 Å². The minimum Gasteiger partial charge on any atom is -0.508 e. The quantitative estimate of drug-likeness (QED) is 0.671. The van der Waals surface area contributed by atoms with E-state index in [9.17, 15) is 4.79 Å². The van der Waals surface area contributed by atoms with Crippen LogP contribution in [0.15, 0.2) is 53.4 Å². The van der Waals surface area contributed by atoms with Gasteiger partial charge in [0.05, 0.1) is 5.75 Å². The van der Waals surface area contributed by atoms with Crippen LogP contribution in [-0.2, 0) is 0 Å². The number of carbonyl (C=O) groups is 1. The second-order valence-corrected chi connectivity index (χ2v) is 5.12. The Morgan fingerprint density at radius 1 is 1.06 bits per heavy atom. The smallest absolute Gasteiger partial charge is 0.173 e. The molecule has 0 amide bonds. The van der Waals surface area contributed by atoms with Gasteiger partial charge in [0.1, 0.15) is 5.75 Å². The summed E-state index contributed by atoms with van der Waals surface area (Å²) in [5.74, 6) is 0.659. The number of aromatic hydroxyl groups is 1. The first-order chi connectivity index (χ1) is 8.65. The molecule has 0 aromatic heterocycles. The summed E-state index contributed by atoms with van der Waals surface area (Å²) in [6.07, 6.45) is 0. The molecule has 0 aliphatic rings. The van der Waals surface area contributed by atoms with Crippen LogP contribution in [0.5, 0.6) is 5.75 Å². The molecule has 0 spiro atoms. The van der Waals surface area contributed by atoms with Crippen LogP contribution < -0.4 is 0 Å². The molecule has 0 aliphatic carbocycles. The third-order valence-corrected chi connectivity index (χ3v) is 3.59. The lowest BCUT2D eigenvalue weighted by molar-refractivity contribution is 0.102. The number of hydrogen-bond donors (Lipinski definition) is 1. The van der Waals surface area contributed by atoms with Crippen LogP contribution in [0.2, 0.25) is 0 Å². The Kier molecular flexibility index (Phi) is 4.05. The minimum atomic E-state index is 0.0700. The predicted octanol–water partition coefficient (Wildman–Crippen LogP) is 3.68. The summed E-state index contributed by atoms with van der Waals surface area (Å²) in [7, 11) is 0. The van der Waals surface area contributed by atoms with Crippen molar-refractivity contribution in [3.8, 4) is 5.75 Å². The fraction of sp³-hybridized carbons (Fsp3) is 0.133. The zero-order valence-corrected chi connectivity index (χ0v) is 10.9. The number of carbonyl (C=O) groups excluding carboxylic acids is 1. The molecule has 0 bridgehead atoms. The van der Waals surface area contributed by atoms with E-state index < -0.39 is 0 Å². The minimum absolute atomic E-state index is 0.0700. The largest absolute Gasteiger partial charge is 0.508 e. The van der Waals surface area contributed by atoms with E-state index in [1.807, 2.05) is 31.2 Å². The number of benzene rings is 2. The lowest BCUT2D eigenvalue weighted by Crippen LogP contribution is -2.01. The normalized spacial score (nSPS) is 10.3. The Morgan fingerprint density at radius 2 is 1.67 bits per heavy atom. The zero-order chi connectivity index (χ0) is 13.0. The second kappa shape index (κ2) is 5.74. The molecular weight excluding hydrogens is 244 g/mol. The van der Waals surface area contributed by atoms with E-state index in [-0.39, 0.29) is 11.5 Å². The molecule has 0 radical (unpaired) electrons. The number of thioether (sulfide) groups is 1. The molecule has 3 heteroatoms. The Hall–Kier alpha value is -1.74. The van der Waals surface area contributed by atoms with Gasteiger partial charge >= 0.3 is 0 Å². The molecule has 0 fully saturated rings. The van der Waals surface area contributed by atoms with E-state index in [1.165, 1.54) is 29.5 Å². The van der Waals surface area contributed by atoms with Gasteiger partial charge in [0.2, 0.25) is 0 Å². The van der Waals surface area contributed by atoms with Crippen molar-refractivity contribution in [2.75, 3.05) is 5.75 Å². The third-order valence-electron chi connectivity index (χ3n) is 2.58. The summed E-state index contributed by atoms with van der Waals surface area (Å²) >= 11 is 1.52. The van der Waals surface area contributed by atoms with Crippen LogP contribution in [0, 0.1) is 6.92 Å². The van der Waals surface area contributed by atoms with Crippen LogP contribution in [-0.4, -0.2) is 16.6 Å². The molecule has 2 aromatic rings. The first kappa shape index (κ1) is 12.7. The lowest BCUT2D eigenvalue weighted by Gasteiger charge is -2.02. The Morgan fingerprint density at radius 3 is 2.28 bits per heavy atom. The van der Waals surface area contributed by atoms with Crippen molar-refractivity contribution in [2.24, 2.45) is 0 Å². The molecule has 92 valence electrons. The first-order valence-corrected chi connectivity index (χ1v) is 6.65. The zero-order valence-electron chi connectivity index (χ0n) is 10.1. The molecule has 0 unspecified atom stereocenters. The number of aryl methyl sites for hydroxylation is 1. The van der Waals surface area contributed by atoms with Crippen LogP contribution in [0.25, 0.3) is 0 Å². The number of phenols is 1. The number of Topliss-reactive ketones (excluding diaryl/α,β-unsaturated/α-hetero) is 1. The summed E-state index contributed by atoms with van der Waals surface area (Å²) < 4.78 is 0. The molecule has 2 nitrogen and oxygen atoms in total. The molecular formula is C15H14O2S. The average Bonchev–Trinajstić information content (AvgIpc) is 2.38. The van der Waals surface area contributed by atoms with Crippen LogP contribution in [0.1, 0.15) is 15.9 Å². The van der Waals surface area contributed by atoms with Gasteiger partial charge in [-0.1, -0.05) is 17.7 Å². The molecule has 0 atom stereocenters. The van der Waals surface area contributed by atoms with E-state index in [4.69, 9.17) is 5.11 Å². The van der Waals surface area contributed by atoms with Crippen LogP contribution >= 0.6 is 11.8 Å². The monoisotopic (exact) mass is 258 g/mol. The molecule has 18 heavy (non-hydrogen) atoms. The van der Waals surface area contributed by atoms with Crippen molar-refractivity contribution in [3.05, 3.63) is 59.7 Å². The van der Waals surface area contributed by atoms with Crippen molar-refractivity contribution in [2.45, 2.75) is 11.8 Å². The van der Waals surface area contributed by atoms with Gasteiger partial charge in [-0.05, 0) is 43.3 Å². The van der Waals surface area contributed by atoms with Crippen molar-refractivity contribution in [1.29, 1.82) is 0 Å². The highest BCUT2D eigenvalue weighted by Gasteiger charge is 2.06. The van der Waals surface area contributed by atoms with Crippen molar-refractivity contribution < 1.29 is 9.90 Å². The third kappa shape index (κ3) is 3.37. The van der Waals surface area contributed by atoms with Gasteiger partial charge in [-0.15, -0.1) is 11.8 Å². The summed E-state index contributed by atoms with van der Waals surface area (Å²) in [5, 5.41) is 9.16. The highest BCUT2D eigenvalue weighted by atomic mass is 32.2. The topological polar surface area (TPSA) is 37.3 Å². The highest BCUT2D eigenvalue weighted by molar-refractivity contribution is 8.00. The standard InChI is InChI=1S/C15H14O2S/c1-11-2-8-14(9-3-11)18-10-15(17)12-4-6-13(16)7-5-12/h2-9,16H,10H2,1H3. The number of ketones is 1. The average molecular weight is 258 g/mol.